The van der Waals surface area contributed by atoms with Crippen LogP contribution in [0, 0.1) is 0 Å². The molecule has 0 unspecified atom stereocenters. The molecule has 200 valence electrons. The smallest absolute Gasteiger partial charge is 0.264 e. The van der Waals surface area contributed by atoms with E-state index in [4.69, 9.17) is 4.55 Å². The molecular weight excluding hydrogens is 480 g/mol. The van der Waals surface area contributed by atoms with Crippen molar-refractivity contribution >= 4 is 38.9 Å². The fourth-order valence-electron chi connectivity index (χ4n) is 4.67. The van der Waals surface area contributed by atoms with Gasteiger partial charge in [0.25, 0.3) is 10.1 Å². The average Bonchev–Trinajstić information content (AvgIpc) is 2.89. The molecular formula is C31H43N2O3S+. The van der Waals surface area contributed by atoms with Gasteiger partial charge in [-0.1, -0.05) is 75.9 Å². The van der Waals surface area contributed by atoms with E-state index >= 15 is 0 Å². The van der Waals surface area contributed by atoms with Crippen LogP contribution < -0.4 is 9.47 Å². The van der Waals surface area contributed by atoms with Crippen LogP contribution in [-0.4, -0.2) is 31.8 Å². The Morgan fingerprint density at radius 1 is 0.811 bits per heavy atom. The van der Waals surface area contributed by atoms with Crippen molar-refractivity contribution in [2.24, 2.45) is 0 Å². The zero-order valence-electron chi connectivity index (χ0n) is 22.5. The monoisotopic (exact) mass is 523 g/mol. The van der Waals surface area contributed by atoms with Gasteiger partial charge in [-0.25, -0.2) is 0 Å². The number of nitrogens with zero attached hydrogens (tertiary/aromatic N) is 2. The Balaban J connectivity index is 1.71. The second-order valence-corrected chi connectivity index (χ2v) is 11.4. The van der Waals surface area contributed by atoms with E-state index in [0.717, 1.165) is 29.6 Å². The van der Waals surface area contributed by atoms with Crippen LogP contribution in [0.25, 0.3) is 23.1 Å². The molecule has 3 aromatic rings. The molecule has 3 rings (SSSR count). The van der Waals surface area contributed by atoms with Gasteiger partial charge in [-0.15, -0.1) is 0 Å². The van der Waals surface area contributed by atoms with E-state index in [2.05, 4.69) is 84.1 Å². The Kier molecular flexibility index (Phi) is 11.6. The number of benzene rings is 2. The van der Waals surface area contributed by atoms with Gasteiger partial charge in [0, 0.05) is 37.3 Å². The Morgan fingerprint density at radius 3 is 2.14 bits per heavy atom. The van der Waals surface area contributed by atoms with Crippen LogP contribution in [0.2, 0.25) is 0 Å². The average molecular weight is 524 g/mol. The second kappa shape index (κ2) is 14.9. The number of hydrogen-bond acceptors (Lipinski definition) is 3. The van der Waals surface area contributed by atoms with Crippen molar-refractivity contribution in [3.8, 4) is 0 Å². The maximum Gasteiger partial charge on any atom is 0.264 e. The van der Waals surface area contributed by atoms with Crippen LogP contribution in [0.4, 0.5) is 5.69 Å². The number of fused-ring (bicyclic) bond motifs is 1. The fourth-order valence-corrected chi connectivity index (χ4v) is 5.24. The maximum absolute atomic E-state index is 11.0. The van der Waals surface area contributed by atoms with Gasteiger partial charge in [-0.3, -0.25) is 4.55 Å². The topological polar surface area (TPSA) is 61.5 Å². The molecule has 5 nitrogen and oxygen atoms in total. The van der Waals surface area contributed by atoms with Gasteiger partial charge in [0.05, 0.1) is 11.1 Å². The highest BCUT2D eigenvalue weighted by molar-refractivity contribution is 7.85. The van der Waals surface area contributed by atoms with E-state index in [9.17, 15) is 8.42 Å². The molecule has 0 aliphatic heterocycles. The molecule has 0 bridgehead atoms. The van der Waals surface area contributed by atoms with Crippen LogP contribution >= 0.6 is 0 Å². The van der Waals surface area contributed by atoms with Crippen molar-refractivity contribution in [1.82, 2.24) is 0 Å². The van der Waals surface area contributed by atoms with Crippen molar-refractivity contribution in [1.29, 1.82) is 0 Å². The highest BCUT2D eigenvalue weighted by Crippen LogP contribution is 2.21. The number of hydrogen-bond donors (Lipinski definition) is 1. The SMILES string of the molecule is CCCCCN(CCCCC)c1ccc(/C=C/c2cc[n+](CCCCS(=O)(=O)O)c3ccccc23)cc1. The summed E-state index contributed by atoms with van der Waals surface area (Å²) in [5.41, 5.74) is 4.75. The summed E-state index contributed by atoms with van der Waals surface area (Å²) in [5, 5.41) is 1.16. The minimum absolute atomic E-state index is 0.194. The summed E-state index contributed by atoms with van der Waals surface area (Å²) in [5.74, 6) is -0.194. The molecule has 0 radical (unpaired) electrons. The number of rotatable bonds is 16. The number of aryl methyl sites for hydroxylation is 1. The molecule has 0 spiro atoms. The third kappa shape index (κ3) is 9.60. The van der Waals surface area contributed by atoms with Crippen molar-refractivity contribution < 1.29 is 17.5 Å². The van der Waals surface area contributed by atoms with Gasteiger partial charge in [0.15, 0.2) is 6.20 Å². The Labute approximate surface area is 223 Å². The van der Waals surface area contributed by atoms with Crippen LogP contribution in [0.1, 0.15) is 76.3 Å². The molecule has 0 aliphatic carbocycles. The summed E-state index contributed by atoms with van der Waals surface area (Å²) in [7, 11) is -3.90. The number of pyridine rings is 1. The summed E-state index contributed by atoms with van der Waals surface area (Å²) < 4.78 is 33.1. The summed E-state index contributed by atoms with van der Waals surface area (Å²) in [4.78, 5) is 2.54. The molecule has 6 heteroatoms. The van der Waals surface area contributed by atoms with Crippen molar-refractivity contribution in [3.63, 3.8) is 0 Å². The molecule has 0 fully saturated rings. The number of para-hydroxylation sites is 1. The normalized spacial score (nSPS) is 12.0. The zero-order valence-corrected chi connectivity index (χ0v) is 23.3. The highest BCUT2D eigenvalue weighted by Gasteiger charge is 2.12. The molecule has 1 heterocycles. The number of aromatic nitrogens is 1. The fraction of sp³-hybridized carbons (Fsp3) is 0.452. The molecule has 0 amide bonds. The van der Waals surface area contributed by atoms with Crippen molar-refractivity contribution in [3.05, 3.63) is 71.9 Å². The van der Waals surface area contributed by atoms with E-state index in [1.54, 1.807) is 0 Å². The van der Waals surface area contributed by atoms with Crippen molar-refractivity contribution in [2.45, 2.75) is 71.8 Å². The van der Waals surface area contributed by atoms with E-state index in [-0.39, 0.29) is 5.75 Å². The van der Waals surface area contributed by atoms with E-state index in [1.165, 1.54) is 49.8 Å². The molecule has 37 heavy (non-hydrogen) atoms. The predicted octanol–water partition coefficient (Wildman–Crippen LogP) is 7.15. The van der Waals surface area contributed by atoms with Gasteiger partial charge < -0.3 is 4.90 Å². The summed E-state index contributed by atoms with van der Waals surface area (Å²) >= 11 is 0. The van der Waals surface area contributed by atoms with E-state index in [0.29, 0.717) is 19.4 Å². The minimum atomic E-state index is -3.90. The van der Waals surface area contributed by atoms with Gasteiger partial charge in [-0.2, -0.15) is 13.0 Å². The lowest BCUT2D eigenvalue weighted by atomic mass is 10.1. The maximum atomic E-state index is 11.0. The van der Waals surface area contributed by atoms with Gasteiger partial charge in [0.1, 0.15) is 6.54 Å². The first kappa shape index (κ1) is 28.9. The first-order chi connectivity index (χ1) is 17.9. The first-order valence-electron chi connectivity index (χ1n) is 13.8. The summed E-state index contributed by atoms with van der Waals surface area (Å²) in [6, 6.07) is 19.3. The van der Waals surface area contributed by atoms with Crippen LogP contribution in [0.3, 0.4) is 0 Å². The lowest BCUT2D eigenvalue weighted by molar-refractivity contribution is -0.671. The summed E-state index contributed by atoms with van der Waals surface area (Å²) in [6.07, 6.45) is 15.0. The molecule has 1 aromatic heterocycles. The number of anilines is 1. The second-order valence-electron chi connectivity index (χ2n) is 9.80. The van der Waals surface area contributed by atoms with Crippen LogP contribution in [0.15, 0.2) is 60.8 Å². The third-order valence-electron chi connectivity index (χ3n) is 6.79. The number of unbranched alkanes of at least 4 members (excludes halogenated alkanes) is 5. The van der Waals surface area contributed by atoms with E-state index < -0.39 is 10.1 Å². The molecule has 2 aromatic carbocycles. The largest absolute Gasteiger partial charge is 0.372 e. The quantitative estimate of drug-likeness (QED) is 0.123. The minimum Gasteiger partial charge on any atom is -0.372 e. The Hall–Kier alpha value is -2.70. The molecule has 0 atom stereocenters. The van der Waals surface area contributed by atoms with Crippen LogP contribution in [0.5, 0.6) is 0 Å². The van der Waals surface area contributed by atoms with Crippen LogP contribution in [-0.2, 0) is 16.7 Å². The molecule has 1 N–H and O–H groups in total. The van der Waals surface area contributed by atoms with Gasteiger partial charge >= 0.3 is 0 Å². The zero-order chi connectivity index (χ0) is 26.5. The third-order valence-corrected chi connectivity index (χ3v) is 7.59. The lowest BCUT2D eigenvalue weighted by Crippen LogP contribution is -2.34. The van der Waals surface area contributed by atoms with E-state index in [1.807, 2.05) is 12.1 Å². The summed E-state index contributed by atoms with van der Waals surface area (Å²) in [6.45, 7) is 7.46. The van der Waals surface area contributed by atoms with Gasteiger partial charge in [0.2, 0.25) is 5.52 Å². The van der Waals surface area contributed by atoms with Crippen molar-refractivity contribution in [2.75, 3.05) is 23.7 Å². The highest BCUT2D eigenvalue weighted by atomic mass is 32.2. The lowest BCUT2D eigenvalue weighted by Gasteiger charge is -2.25. The predicted molar refractivity (Wildman–Crippen MR) is 156 cm³/mol. The first-order valence-corrected chi connectivity index (χ1v) is 15.4. The standard InChI is InChI=1S/C31H42N2O3S/c1-3-5-9-22-32(23-10-6-4-2)29-19-16-27(17-20-29)15-18-28-21-25-33(24-11-12-26-37(34,35)36)31-14-8-7-13-30(28)31/h7-8,13-21,25H,3-6,9-12,22-24,26H2,1-2H3/p+1. The Morgan fingerprint density at radius 2 is 1.49 bits per heavy atom. The molecule has 0 saturated heterocycles. The molecule has 0 aliphatic rings. The molecule has 0 saturated carbocycles. The Bertz CT molecular complexity index is 1230. The van der Waals surface area contributed by atoms with Gasteiger partial charge in [-0.05, 0) is 48.6 Å².